The summed E-state index contributed by atoms with van der Waals surface area (Å²) in [5.41, 5.74) is 1.97. The molecule has 0 aromatic heterocycles. The normalized spacial score (nSPS) is 54.4. The van der Waals surface area contributed by atoms with E-state index in [0.29, 0.717) is 5.41 Å². The van der Waals surface area contributed by atoms with E-state index in [1.807, 2.05) is 0 Å². The highest BCUT2D eigenvalue weighted by molar-refractivity contribution is 5.23. The molecule has 4 saturated carbocycles. The third-order valence-corrected chi connectivity index (χ3v) is 8.96. The second-order valence-corrected chi connectivity index (χ2v) is 9.56. The lowest BCUT2D eigenvalue weighted by Gasteiger charge is -2.56. The van der Waals surface area contributed by atoms with Crippen LogP contribution in [0.2, 0.25) is 0 Å². The summed E-state index contributed by atoms with van der Waals surface area (Å²) < 4.78 is 0. The van der Waals surface area contributed by atoms with Crippen molar-refractivity contribution >= 4 is 0 Å². The average molecular weight is 317 g/mol. The minimum Gasteiger partial charge on any atom is -0.390 e. The van der Waals surface area contributed by atoms with Gasteiger partial charge in [-0.05, 0) is 106 Å². The molecule has 4 rings (SSSR count). The molecular weight excluding hydrogens is 280 g/mol. The molecule has 1 heteroatoms. The fourth-order valence-electron chi connectivity index (χ4n) is 7.61. The highest BCUT2D eigenvalue weighted by Crippen LogP contribution is 2.64. The van der Waals surface area contributed by atoms with Crippen molar-refractivity contribution in [3.8, 4) is 0 Å². The molecule has 0 heterocycles. The van der Waals surface area contributed by atoms with Gasteiger partial charge in [-0.25, -0.2) is 0 Å². The molecule has 130 valence electrons. The summed E-state index contributed by atoms with van der Waals surface area (Å²) in [5.74, 6) is 4.67. The van der Waals surface area contributed by atoms with Gasteiger partial charge < -0.3 is 5.11 Å². The number of hydrogen-bond donors (Lipinski definition) is 1. The van der Waals surface area contributed by atoms with Gasteiger partial charge in [-0.1, -0.05) is 25.5 Å². The zero-order valence-electron chi connectivity index (χ0n) is 15.5. The fraction of sp³-hybridized carbons (Fsp3) is 0.909. The Balaban J connectivity index is 1.55. The molecule has 23 heavy (non-hydrogen) atoms. The van der Waals surface area contributed by atoms with E-state index in [1.54, 1.807) is 5.57 Å². The molecule has 0 spiro atoms. The monoisotopic (exact) mass is 316 g/mol. The Hall–Kier alpha value is -0.300. The van der Waals surface area contributed by atoms with Crippen molar-refractivity contribution in [1.29, 1.82) is 0 Å². The first-order valence-electron chi connectivity index (χ1n) is 10.4. The second-order valence-electron chi connectivity index (χ2n) is 9.56. The maximum Gasteiger partial charge on any atom is 0.0648 e. The Morgan fingerprint density at radius 2 is 1.83 bits per heavy atom. The standard InChI is InChI=1S/C22H36O/c1-4-16-7-9-20-19-8-6-15-14-22(23,5-2)13-11-17(15)18(19)10-12-21(16,20)3/h4,15,17-20,23H,5-14H2,1-3H3/b16-4-/t15-,17-,18+,19+,20-,21+,22+/m0/s1. The lowest BCUT2D eigenvalue weighted by Crippen LogP contribution is -2.50. The van der Waals surface area contributed by atoms with Gasteiger partial charge in [-0.3, -0.25) is 0 Å². The van der Waals surface area contributed by atoms with Crippen LogP contribution in [0.5, 0.6) is 0 Å². The van der Waals surface area contributed by atoms with Crippen molar-refractivity contribution in [2.24, 2.45) is 35.0 Å². The van der Waals surface area contributed by atoms with Crippen LogP contribution in [0, 0.1) is 35.0 Å². The van der Waals surface area contributed by atoms with Crippen LogP contribution in [-0.2, 0) is 0 Å². The van der Waals surface area contributed by atoms with Crippen LogP contribution in [0.4, 0.5) is 0 Å². The van der Waals surface area contributed by atoms with Crippen molar-refractivity contribution in [3.63, 3.8) is 0 Å². The van der Waals surface area contributed by atoms with Crippen LogP contribution < -0.4 is 0 Å². The predicted molar refractivity (Wildman–Crippen MR) is 96.1 cm³/mol. The molecule has 4 aliphatic rings. The molecule has 0 radical (unpaired) electrons. The number of aliphatic hydroxyl groups is 1. The summed E-state index contributed by atoms with van der Waals surface area (Å²) in [6, 6.07) is 0. The Morgan fingerprint density at radius 1 is 1.04 bits per heavy atom. The van der Waals surface area contributed by atoms with Gasteiger partial charge in [0.2, 0.25) is 0 Å². The van der Waals surface area contributed by atoms with Crippen molar-refractivity contribution in [3.05, 3.63) is 11.6 Å². The van der Waals surface area contributed by atoms with E-state index in [4.69, 9.17) is 0 Å². The second kappa shape index (κ2) is 5.61. The van der Waals surface area contributed by atoms with Crippen LogP contribution in [0.3, 0.4) is 0 Å². The van der Waals surface area contributed by atoms with Crippen LogP contribution in [0.1, 0.15) is 85.0 Å². The number of allylic oxidation sites excluding steroid dienone is 2. The third-order valence-electron chi connectivity index (χ3n) is 8.96. The van der Waals surface area contributed by atoms with Crippen molar-refractivity contribution in [2.45, 2.75) is 90.6 Å². The molecule has 0 amide bonds. The lowest BCUT2D eigenvalue weighted by molar-refractivity contribution is -0.0980. The smallest absolute Gasteiger partial charge is 0.0648 e. The summed E-state index contributed by atoms with van der Waals surface area (Å²) in [5, 5.41) is 10.8. The van der Waals surface area contributed by atoms with Crippen molar-refractivity contribution < 1.29 is 5.11 Å². The maximum absolute atomic E-state index is 10.8. The van der Waals surface area contributed by atoms with Gasteiger partial charge in [0.25, 0.3) is 0 Å². The number of hydrogen-bond acceptors (Lipinski definition) is 1. The van der Waals surface area contributed by atoms with Gasteiger partial charge in [0.05, 0.1) is 5.60 Å². The summed E-state index contributed by atoms with van der Waals surface area (Å²) in [4.78, 5) is 0. The highest BCUT2D eigenvalue weighted by Gasteiger charge is 2.55. The Morgan fingerprint density at radius 3 is 2.57 bits per heavy atom. The molecule has 4 aliphatic carbocycles. The lowest BCUT2D eigenvalue weighted by atomic mass is 9.49. The summed E-state index contributed by atoms with van der Waals surface area (Å²) >= 11 is 0. The predicted octanol–water partition coefficient (Wildman–Crippen LogP) is 5.73. The van der Waals surface area contributed by atoms with E-state index in [-0.39, 0.29) is 5.60 Å². The largest absolute Gasteiger partial charge is 0.390 e. The quantitative estimate of drug-likeness (QED) is 0.613. The highest BCUT2D eigenvalue weighted by atomic mass is 16.3. The number of rotatable bonds is 1. The molecule has 0 aromatic carbocycles. The average Bonchev–Trinajstić information content (AvgIpc) is 2.90. The minimum atomic E-state index is -0.331. The topological polar surface area (TPSA) is 20.2 Å². The first-order chi connectivity index (χ1) is 11.0. The summed E-state index contributed by atoms with van der Waals surface area (Å²) in [7, 11) is 0. The Bertz CT molecular complexity index is 494. The third kappa shape index (κ3) is 2.36. The molecule has 0 unspecified atom stereocenters. The fourth-order valence-corrected chi connectivity index (χ4v) is 7.61. The van der Waals surface area contributed by atoms with E-state index in [1.165, 1.54) is 44.9 Å². The molecular formula is C22H36O. The minimum absolute atomic E-state index is 0.331. The van der Waals surface area contributed by atoms with Gasteiger partial charge in [-0.2, -0.15) is 0 Å². The molecule has 0 aliphatic heterocycles. The first-order valence-corrected chi connectivity index (χ1v) is 10.4. The molecule has 1 N–H and O–H groups in total. The van der Waals surface area contributed by atoms with Crippen molar-refractivity contribution in [2.75, 3.05) is 0 Å². The summed E-state index contributed by atoms with van der Waals surface area (Å²) in [6.07, 6.45) is 15.4. The van der Waals surface area contributed by atoms with Crippen LogP contribution >= 0.6 is 0 Å². The van der Waals surface area contributed by atoms with E-state index in [2.05, 4.69) is 26.8 Å². The Kier molecular flexibility index (Phi) is 3.95. The van der Waals surface area contributed by atoms with Gasteiger partial charge in [0.15, 0.2) is 0 Å². The van der Waals surface area contributed by atoms with E-state index in [9.17, 15) is 5.11 Å². The SMILES string of the molecule is C/C=C1/CC[C@H]2[C@@H]3CC[C@H]4C[C@@](O)(CC)CC[C@@H]4[C@H]3CC[C@]12C. The molecule has 4 fully saturated rings. The van der Waals surface area contributed by atoms with Gasteiger partial charge >= 0.3 is 0 Å². The molecule has 7 atom stereocenters. The van der Waals surface area contributed by atoms with Gasteiger partial charge in [0, 0.05) is 0 Å². The maximum atomic E-state index is 10.8. The molecule has 0 saturated heterocycles. The van der Waals surface area contributed by atoms with Crippen LogP contribution in [0.25, 0.3) is 0 Å². The first kappa shape index (κ1) is 16.2. The molecule has 1 nitrogen and oxygen atoms in total. The number of fused-ring (bicyclic) bond motifs is 5. The zero-order valence-corrected chi connectivity index (χ0v) is 15.5. The van der Waals surface area contributed by atoms with Gasteiger partial charge in [0.1, 0.15) is 0 Å². The van der Waals surface area contributed by atoms with Crippen LogP contribution in [0.15, 0.2) is 11.6 Å². The van der Waals surface area contributed by atoms with E-state index in [0.717, 1.165) is 48.9 Å². The molecule has 0 bridgehead atoms. The zero-order chi connectivity index (χ0) is 16.2. The van der Waals surface area contributed by atoms with Gasteiger partial charge in [-0.15, -0.1) is 0 Å². The van der Waals surface area contributed by atoms with Crippen molar-refractivity contribution in [1.82, 2.24) is 0 Å². The summed E-state index contributed by atoms with van der Waals surface area (Å²) in [6.45, 7) is 7.02. The van der Waals surface area contributed by atoms with E-state index >= 15 is 0 Å². The Labute approximate surface area is 142 Å². The van der Waals surface area contributed by atoms with Crippen LogP contribution in [-0.4, -0.2) is 10.7 Å². The van der Waals surface area contributed by atoms with E-state index < -0.39 is 0 Å². The molecule has 0 aromatic rings.